The first-order valence-corrected chi connectivity index (χ1v) is 4.73. The van der Waals surface area contributed by atoms with E-state index in [1.54, 1.807) is 0 Å². The Bertz CT molecular complexity index is 332. The Morgan fingerprint density at radius 3 is 2.71 bits per heavy atom. The largest absolute Gasteiger partial charge is 0.368 e. The summed E-state index contributed by atoms with van der Waals surface area (Å²) in [5, 5.41) is 3.29. The number of hydrogen-bond donors (Lipinski definition) is 2. The van der Waals surface area contributed by atoms with Gasteiger partial charge in [0.1, 0.15) is 11.6 Å². The smallest absolute Gasteiger partial charge is 0.223 e. The fraction of sp³-hybridized carbons (Fsp3) is 0.556. The van der Waals surface area contributed by atoms with E-state index in [4.69, 9.17) is 5.73 Å². The fourth-order valence-electron chi connectivity index (χ4n) is 1.19. The lowest BCUT2D eigenvalue weighted by atomic mass is 10.5. The molecule has 0 bridgehead atoms. The van der Waals surface area contributed by atoms with Gasteiger partial charge in [-0.3, -0.25) is 0 Å². The molecule has 1 aliphatic rings. The van der Waals surface area contributed by atoms with Gasteiger partial charge >= 0.3 is 0 Å². The summed E-state index contributed by atoms with van der Waals surface area (Å²) in [6, 6.07) is 2.49. The number of nitrogens with zero attached hydrogens (tertiary/aromatic N) is 3. The zero-order valence-corrected chi connectivity index (χ0v) is 8.49. The first-order valence-electron chi connectivity index (χ1n) is 4.73. The topological polar surface area (TPSA) is 67.1 Å². The lowest BCUT2D eigenvalue weighted by Crippen LogP contribution is -2.14. The highest BCUT2D eigenvalue weighted by molar-refractivity contribution is 5.52. The summed E-state index contributed by atoms with van der Waals surface area (Å²) in [5.41, 5.74) is 5.60. The first-order chi connectivity index (χ1) is 6.65. The second-order valence-corrected chi connectivity index (χ2v) is 3.78. The predicted molar refractivity (Wildman–Crippen MR) is 57.4 cm³/mol. The van der Waals surface area contributed by atoms with Gasteiger partial charge in [-0.15, -0.1) is 0 Å². The van der Waals surface area contributed by atoms with Crippen LogP contribution in [0.5, 0.6) is 0 Å². The maximum Gasteiger partial charge on any atom is 0.223 e. The Kier molecular flexibility index (Phi) is 2.15. The molecule has 0 aromatic carbocycles. The average Bonchev–Trinajstić information content (AvgIpc) is 2.87. The SMILES string of the molecule is CN(C)c1cc(NC2CC2)nc(N)n1. The number of nitrogens with one attached hydrogen (secondary N) is 1. The number of nitrogens with two attached hydrogens (primary N) is 1. The van der Waals surface area contributed by atoms with E-state index in [1.807, 2.05) is 25.1 Å². The zero-order chi connectivity index (χ0) is 10.1. The Balaban J connectivity index is 2.21. The van der Waals surface area contributed by atoms with Gasteiger partial charge in [0.25, 0.3) is 0 Å². The van der Waals surface area contributed by atoms with Crippen LogP contribution < -0.4 is 16.0 Å². The molecule has 1 heterocycles. The fourth-order valence-corrected chi connectivity index (χ4v) is 1.19. The highest BCUT2D eigenvalue weighted by Crippen LogP contribution is 2.25. The lowest BCUT2D eigenvalue weighted by molar-refractivity contribution is 1.03. The van der Waals surface area contributed by atoms with Gasteiger partial charge in [-0.1, -0.05) is 0 Å². The molecule has 0 amide bonds. The number of aromatic nitrogens is 2. The van der Waals surface area contributed by atoms with Crippen molar-refractivity contribution in [2.45, 2.75) is 18.9 Å². The Morgan fingerprint density at radius 2 is 2.14 bits per heavy atom. The molecule has 3 N–H and O–H groups in total. The summed E-state index contributed by atoms with van der Waals surface area (Å²) >= 11 is 0. The molecule has 0 aliphatic heterocycles. The van der Waals surface area contributed by atoms with Crippen molar-refractivity contribution in [1.29, 1.82) is 0 Å². The minimum absolute atomic E-state index is 0.319. The molecule has 0 unspecified atom stereocenters. The molecule has 0 atom stereocenters. The molecule has 1 aromatic rings. The van der Waals surface area contributed by atoms with Gasteiger partial charge in [-0.25, -0.2) is 0 Å². The van der Waals surface area contributed by atoms with Crippen LogP contribution in [-0.2, 0) is 0 Å². The molecule has 76 valence electrons. The summed E-state index contributed by atoms with van der Waals surface area (Å²) in [4.78, 5) is 10.2. The van der Waals surface area contributed by atoms with Gasteiger partial charge in [-0.05, 0) is 12.8 Å². The van der Waals surface area contributed by atoms with Crippen molar-refractivity contribution in [3.05, 3.63) is 6.07 Å². The van der Waals surface area contributed by atoms with E-state index in [0.717, 1.165) is 11.6 Å². The molecule has 1 aromatic heterocycles. The van der Waals surface area contributed by atoms with Crippen LogP contribution in [0.1, 0.15) is 12.8 Å². The van der Waals surface area contributed by atoms with Crippen LogP contribution in [0.25, 0.3) is 0 Å². The Hall–Kier alpha value is -1.52. The van der Waals surface area contributed by atoms with Crippen LogP contribution in [0.2, 0.25) is 0 Å². The minimum atomic E-state index is 0.319. The van der Waals surface area contributed by atoms with Gasteiger partial charge in [-0.2, -0.15) is 9.97 Å². The Labute approximate surface area is 83.3 Å². The monoisotopic (exact) mass is 193 g/mol. The zero-order valence-electron chi connectivity index (χ0n) is 8.49. The minimum Gasteiger partial charge on any atom is -0.368 e. The molecule has 2 rings (SSSR count). The van der Waals surface area contributed by atoms with Gasteiger partial charge in [0.05, 0.1) is 0 Å². The van der Waals surface area contributed by atoms with E-state index in [1.165, 1.54) is 12.8 Å². The quantitative estimate of drug-likeness (QED) is 0.739. The summed E-state index contributed by atoms with van der Waals surface area (Å²) < 4.78 is 0. The number of rotatable bonds is 3. The van der Waals surface area contributed by atoms with Crippen molar-refractivity contribution in [3.8, 4) is 0 Å². The third-order valence-corrected chi connectivity index (χ3v) is 2.12. The van der Waals surface area contributed by atoms with E-state index in [2.05, 4.69) is 15.3 Å². The maximum atomic E-state index is 5.60. The van der Waals surface area contributed by atoms with Crippen molar-refractivity contribution < 1.29 is 0 Å². The van der Waals surface area contributed by atoms with E-state index in [9.17, 15) is 0 Å². The van der Waals surface area contributed by atoms with Gasteiger partial charge in [0, 0.05) is 26.2 Å². The van der Waals surface area contributed by atoms with Crippen molar-refractivity contribution in [2.24, 2.45) is 0 Å². The van der Waals surface area contributed by atoms with Crippen molar-refractivity contribution in [1.82, 2.24) is 9.97 Å². The Morgan fingerprint density at radius 1 is 1.43 bits per heavy atom. The molecule has 1 fully saturated rings. The predicted octanol–water partition coefficient (Wildman–Crippen LogP) is 0.699. The second-order valence-electron chi connectivity index (χ2n) is 3.78. The number of anilines is 3. The molecular formula is C9H15N5. The van der Waals surface area contributed by atoms with Gasteiger partial charge in [0.2, 0.25) is 5.95 Å². The molecule has 5 nitrogen and oxygen atoms in total. The summed E-state index contributed by atoms with van der Waals surface area (Å²) in [6.07, 6.45) is 2.45. The van der Waals surface area contributed by atoms with E-state index >= 15 is 0 Å². The third-order valence-electron chi connectivity index (χ3n) is 2.12. The van der Waals surface area contributed by atoms with Crippen LogP contribution in [0.15, 0.2) is 6.07 Å². The van der Waals surface area contributed by atoms with E-state index in [-0.39, 0.29) is 0 Å². The molecule has 0 radical (unpaired) electrons. The van der Waals surface area contributed by atoms with Gasteiger partial charge in [0.15, 0.2) is 0 Å². The highest BCUT2D eigenvalue weighted by Gasteiger charge is 2.21. The molecule has 14 heavy (non-hydrogen) atoms. The highest BCUT2D eigenvalue weighted by atomic mass is 15.2. The third kappa shape index (κ3) is 2.04. The lowest BCUT2D eigenvalue weighted by Gasteiger charge is -2.13. The maximum absolute atomic E-state index is 5.60. The van der Waals surface area contributed by atoms with Crippen LogP contribution >= 0.6 is 0 Å². The molecule has 1 saturated carbocycles. The van der Waals surface area contributed by atoms with Gasteiger partial charge < -0.3 is 16.0 Å². The molecule has 0 saturated heterocycles. The number of nitrogen functional groups attached to an aromatic ring is 1. The summed E-state index contributed by atoms with van der Waals surface area (Å²) in [5.74, 6) is 1.98. The van der Waals surface area contributed by atoms with Crippen molar-refractivity contribution in [2.75, 3.05) is 30.0 Å². The van der Waals surface area contributed by atoms with Crippen LogP contribution in [0, 0.1) is 0 Å². The summed E-state index contributed by atoms with van der Waals surface area (Å²) in [6.45, 7) is 0. The molecule has 1 aliphatic carbocycles. The van der Waals surface area contributed by atoms with Crippen LogP contribution in [-0.4, -0.2) is 30.1 Å². The standard InChI is InChI=1S/C9H15N5/c1-14(2)8-5-7(11-6-3-4-6)12-9(10)13-8/h5-6H,3-4H2,1-2H3,(H3,10,11,12,13). The molecular weight excluding hydrogens is 178 g/mol. The van der Waals surface area contributed by atoms with E-state index in [0.29, 0.717) is 12.0 Å². The van der Waals surface area contributed by atoms with E-state index < -0.39 is 0 Å². The average molecular weight is 193 g/mol. The van der Waals surface area contributed by atoms with Crippen molar-refractivity contribution in [3.63, 3.8) is 0 Å². The first kappa shape index (κ1) is 9.05. The molecule has 0 spiro atoms. The second kappa shape index (κ2) is 3.32. The van der Waals surface area contributed by atoms with Crippen LogP contribution in [0.3, 0.4) is 0 Å². The van der Waals surface area contributed by atoms with Crippen molar-refractivity contribution >= 4 is 17.6 Å². The van der Waals surface area contributed by atoms with Crippen LogP contribution in [0.4, 0.5) is 17.6 Å². The molecule has 5 heteroatoms. The summed E-state index contributed by atoms with van der Waals surface area (Å²) in [7, 11) is 3.87. The number of hydrogen-bond acceptors (Lipinski definition) is 5. The normalized spacial score (nSPS) is 15.3.